The molecule has 1 aromatic rings. The highest BCUT2D eigenvalue weighted by Crippen LogP contribution is 2.08. The SMILES string of the molecule is CN(CCCC(=O)O)C(=O)CSCCc1ccccc1. The van der Waals surface area contributed by atoms with Gasteiger partial charge in [0.15, 0.2) is 0 Å². The first-order chi connectivity index (χ1) is 9.59. The molecule has 4 nitrogen and oxygen atoms in total. The fraction of sp³-hybridized carbons (Fsp3) is 0.467. The molecule has 1 rings (SSSR count). The summed E-state index contributed by atoms with van der Waals surface area (Å²) in [6, 6.07) is 10.2. The first-order valence-corrected chi connectivity index (χ1v) is 7.82. The Morgan fingerprint density at radius 1 is 1.25 bits per heavy atom. The van der Waals surface area contributed by atoms with Crippen molar-refractivity contribution in [1.82, 2.24) is 4.90 Å². The normalized spacial score (nSPS) is 10.2. The summed E-state index contributed by atoms with van der Waals surface area (Å²) in [5.41, 5.74) is 1.28. The van der Waals surface area contributed by atoms with Gasteiger partial charge in [-0.15, -0.1) is 0 Å². The van der Waals surface area contributed by atoms with Crippen molar-refractivity contribution in [1.29, 1.82) is 0 Å². The van der Waals surface area contributed by atoms with E-state index in [2.05, 4.69) is 12.1 Å². The van der Waals surface area contributed by atoms with Gasteiger partial charge in [-0.2, -0.15) is 11.8 Å². The van der Waals surface area contributed by atoms with E-state index in [0.717, 1.165) is 12.2 Å². The Morgan fingerprint density at radius 2 is 1.95 bits per heavy atom. The van der Waals surface area contributed by atoms with Gasteiger partial charge in [-0.25, -0.2) is 0 Å². The molecule has 1 amide bonds. The molecule has 0 aliphatic heterocycles. The van der Waals surface area contributed by atoms with Gasteiger partial charge < -0.3 is 10.0 Å². The van der Waals surface area contributed by atoms with Crippen molar-refractivity contribution < 1.29 is 14.7 Å². The van der Waals surface area contributed by atoms with Crippen LogP contribution in [-0.2, 0) is 16.0 Å². The number of carbonyl (C=O) groups excluding carboxylic acids is 1. The van der Waals surface area contributed by atoms with Crippen LogP contribution in [0.15, 0.2) is 30.3 Å². The topological polar surface area (TPSA) is 57.6 Å². The molecule has 0 aliphatic rings. The van der Waals surface area contributed by atoms with Crippen molar-refractivity contribution in [2.75, 3.05) is 25.1 Å². The summed E-state index contributed by atoms with van der Waals surface area (Å²) in [5.74, 6) is 0.617. The molecule has 0 heterocycles. The molecule has 0 spiro atoms. The lowest BCUT2D eigenvalue weighted by Gasteiger charge is -2.16. The number of nitrogens with zero attached hydrogens (tertiary/aromatic N) is 1. The second-order valence-corrected chi connectivity index (χ2v) is 5.71. The highest BCUT2D eigenvalue weighted by Gasteiger charge is 2.09. The van der Waals surface area contributed by atoms with Crippen molar-refractivity contribution in [3.63, 3.8) is 0 Å². The van der Waals surface area contributed by atoms with Crippen LogP contribution in [0.4, 0.5) is 0 Å². The average molecular weight is 295 g/mol. The number of aryl methyl sites for hydroxylation is 1. The number of hydrogen-bond acceptors (Lipinski definition) is 3. The quantitative estimate of drug-likeness (QED) is 0.710. The Balaban J connectivity index is 2.11. The molecule has 0 aromatic heterocycles. The number of aliphatic carboxylic acids is 1. The van der Waals surface area contributed by atoms with Crippen molar-refractivity contribution in [3.05, 3.63) is 35.9 Å². The molecule has 0 radical (unpaired) electrons. The van der Waals surface area contributed by atoms with Crippen LogP contribution in [0, 0.1) is 0 Å². The minimum Gasteiger partial charge on any atom is -0.481 e. The number of carboxylic acids is 1. The van der Waals surface area contributed by atoms with E-state index in [-0.39, 0.29) is 12.3 Å². The maximum atomic E-state index is 11.8. The summed E-state index contributed by atoms with van der Waals surface area (Å²) in [6.07, 6.45) is 1.58. The van der Waals surface area contributed by atoms with Crippen LogP contribution < -0.4 is 0 Å². The monoisotopic (exact) mass is 295 g/mol. The predicted molar refractivity (Wildman–Crippen MR) is 82.0 cm³/mol. The summed E-state index contributed by atoms with van der Waals surface area (Å²) < 4.78 is 0. The third kappa shape index (κ3) is 7.19. The van der Waals surface area contributed by atoms with Gasteiger partial charge in [-0.3, -0.25) is 9.59 Å². The maximum absolute atomic E-state index is 11.8. The van der Waals surface area contributed by atoms with Crippen LogP contribution in [-0.4, -0.2) is 47.0 Å². The molecule has 1 aromatic carbocycles. The van der Waals surface area contributed by atoms with Crippen LogP contribution in [0.2, 0.25) is 0 Å². The molecule has 0 saturated heterocycles. The summed E-state index contributed by atoms with van der Waals surface area (Å²) in [7, 11) is 1.72. The highest BCUT2D eigenvalue weighted by atomic mass is 32.2. The Labute approximate surface area is 124 Å². The van der Waals surface area contributed by atoms with E-state index in [4.69, 9.17) is 5.11 Å². The molecule has 1 N–H and O–H groups in total. The fourth-order valence-corrected chi connectivity index (χ4v) is 2.62. The van der Waals surface area contributed by atoms with E-state index in [0.29, 0.717) is 18.7 Å². The van der Waals surface area contributed by atoms with E-state index >= 15 is 0 Å². The van der Waals surface area contributed by atoms with Gasteiger partial charge in [-0.1, -0.05) is 30.3 Å². The number of benzene rings is 1. The number of carboxylic acid groups (broad SMARTS) is 1. The largest absolute Gasteiger partial charge is 0.481 e. The molecule has 0 aliphatic carbocycles. The number of carbonyl (C=O) groups is 2. The first-order valence-electron chi connectivity index (χ1n) is 6.67. The van der Waals surface area contributed by atoms with Crippen LogP contribution >= 0.6 is 11.8 Å². The third-order valence-electron chi connectivity index (χ3n) is 2.91. The van der Waals surface area contributed by atoms with Crippen molar-refractivity contribution in [3.8, 4) is 0 Å². The zero-order valence-electron chi connectivity index (χ0n) is 11.7. The van der Waals surface area contributed by atoms with Crippen molar-refractivity contribution in [2.45, 2.75) is 19.3 Å². The average Bonchev–Trinajstić information content (AvgIpc) is 2.44. The second-order valence-electron chi connectivity index (χ2n) is 4.60. The van der Waals surface area contributed by atoms with E-state index in [1.165, 1.54) is 5.56 Å². The smallest absolute Gasteiger partial charge is 0.303 e. The zero-order valence-corrected chi connectivity index (χ0v) is 12.6. The lowest BCUT2D eigenvalue weighted by molar-refractivity contribution is -0.137. The molecule has 5 heteroatoms. The Bertz CT molecular complexity index is 422. The van der Waals surface area contributed by atoms with Gasteiger partial charge in [0, 0.05) is 20.0 Å². The Kier molecular flexibility index (Phi) is 7.80. The highest BCUT2D eigenvalue weighted by molar-refractivity contribution is 7.99. The number of thioether (sulfide) groups is 1. The number of amides is 1. The van der Waals surface area contributed by atoms with Crippen LogP contribution in [0.25, 0.3) is 0 Å². The minimum atomic E-state index is -0.817. The molecule has 0 unspecified atom stereocenters. The van der Waals surface area contributed by atoms with Gasteiger partial charge in [0.05, 0.1) is 5.75 Å². The minimum absolute atomic E-state index is 0.0634. The molecule has 0 fully saturated rings. The van der Waals surface area contributed by atoms with Crippen molar-refractivity contribution >= 4 is 23.6 Å². The molecule has 0 bridgehead atoms. The predicted octanol–water partition coefficient (Wildman–Crippen LogP) is 2.29. The Hall–Kier alpha value is -1.49. The first kappa shape index (κ1) is 16.6. The molecule has 0 saturated carbocycles. The van der Waals surface area contributed by atoms with Crippen LogP contribution in [0.1, 0.15) is 18.4 Å². The third-order valence-corrected chi connectivity index (χ3v) is 3.86. The van der Waals surface area contributed by atoms with Gasteiger partial charge in [0.25, 0.3) is 0 Å². The van der Waals surface area contributed by atoms with E-state index < -0.39 is 5.97 Å². The Morgan fingerprint density at radius 3 is 2.60 bits per heavy atom. The van der Waals surface area contributed by atoms with E-state index in [1.807, 2.05) is 18.2 Å². The van der Waals surface area contributed by atoms with E-state index in [1.54, 1.807) is 23.7 Å². The molecule has 110 valence electrons. The summed E-state index contributed by atoms with van der Waals surface area (Å²) >= 11 is 1.62. The lowest BCUT2D eigenvalue weighted by atomic mass is 10.2. The molecule has 20 heavy (non-hydrogen) atoms. The van der Waals surface area contributed by atoms with Crippen LogP contribution in [0.5, 0.6) is 0 Å². The summed E-state index contributed by atoms with van der Waals surface area (Å²) in [6.45, 7) is 0.504. The van der Waals surface area contributed by atoms with Gasteiger partial charge in [-0.05, 0) is 24.2 Å². The molecular formula is C15H21NO3S. The number of hydrogen-bond donors (Lipinski definition) is 1. The maximum Gasteiger partial charge on any atom is 0.303 e. The standard InChI is InChI=1S/C15H21NO3S/c1-16(10-5-8-15(18)19)14(17)12-20-11-9-13-6-3-2-4-7-13/h2-4,6-7H,5,8-12H2,1H3,(H,18,19). The van der Waals surface area contributed by atoms with Gasteiger partial charge >= 0.3 is 5.97 Å². The number of rotatable bonds is 9. The van der Waals surface area contributed by atoms with Gasteiger partial charge in [0.1, 0.15) is 0 Å². The molecule has 0 atom stereocenters. The van der Waals surface area contributed by atoms with Gasteiger partial charge in [0.2, 0.25) is 5.91 Å². The summed E-state index contributed by atoms with van der Waals surface area (Å²) in [5, 5.41) is 8.54. The fourth-order valence-electron chi connectivity index (χ4n) is 1.70. The van der Waals surface area contributed by atoms with E-state index in [9.17, 15) is 9.59 Å². The summed E-state index contributed by atoms with van der Waals surface area (Å²) in [4.78, 5) is 23.8. The molecular weight excluding hydrogens is 274 g/mol. The zero-order chi connectivity index (χ0) is 14.8. The van der Waals surface area contributed by atoms with Crippen LogP contribution in [0.3, 0.4) is 0 Å². The second kappa shape index (κ2) is 9.42. The van der Waals surface area contributed by atoms with Crippen molar-refractivity contribution in [2.24, 2.45) is 0 Å². The lowest BCUT2D eigenvalue weighted by Crippen LogP contribution is -2.29.